The van der Waals surface area contributed by atoms with Crippen molar-refractivity contribution in [2.24, 2.45) is 0 Å². The third kappa shape index (κ3) is 2.57. The van der Waals surface area contributed by atoms with Crippen LogP contribution in [0.1, 0.15) is 38.2 Å². The number of nitrogens with one attached hydrogen (secondary N) is 1. The van der Waals surface area contributed by atoms with E-state index in [0.717, 1.165) is 6.42 Å². The standard InChI is InChI=1S/C13H20N2/c1-2-13(7-3-4-9-15-13)10-12-6-5-8-14-11-12/h5-6,8,11,15H,2-4,7,9-10H2,1H3. The van der Waals surface area contributed by atoms with E-state index in [0.29, 0.717) is 5.54 Å². The molecule has 2 rings (SSSR count). The van der Waals surface area contributed by atoms with Gasteiger partial charge in [0.25, 0.3) is 0 Å². The fourth-order valence-electron chi connectivity index (χ4n) is 2.50. The molecule has 1 fully saturated rings. The maximum absolute atomic E-state index is 4.19. The molecule has 1 aromatic heterocycles. The maximum atomic E-state index is 4.19. The van der Waals surface area contributed by atoms with Crippen LogP contribution >= 0.6 is 0 Å². The lowest BCUT2D eigenvalue weighted by molar-refractivity contribution is 0.243. The molecular weight excluding hydrogens is 184 g/mol. The summed E-state index contributed by atoms with van der Waals surface area (Å²) in [6, 6.07) is 4.21. The quantitative estimate of drug-likeness (QED) is 0.818. The van der Waals surface area contributed by atoms with Crippen LogP contribution in [0.4, 0.5) is 0 Å². The lowest BCUT2D eigenvalue weighted by Crippen LogP contribution is -2.49. The van der Waals surface area contributed by atoms with Crippen LogP contribution in [0, 0.1) is 0 Å². The highest BCUT2D eigenvalue weighted by molar-refractivity contribution is 5.13. The van der Waals surface area contributed by atoms with Crippen molar-refractivity contribution in [2.45, 2.75) is 44.6 Å². The third-order valence-corrected chi connectivity index (χ3v) is 3.52. The summed E-state index contributed by atoms with van der Waals surface area (Å²) in [5.41, 5.74) is 1.69. The van der Waals surface area contributed by atoms with Gasteiger partial charge in [-0.15, -0.1) is 0 Å². The van der Waals surface area contributed by atoms with Crippen LogP contribution in [0.25, 0.3) is 0 Å². The molecule has 1 aromatic rings. The first-order valence-electron chi connectivity index (χ1n) is 5.99. The fourth-order valence-corrected chi connectivity index (χ4v) is 2.50. The summed E-state index contributed by atoms with van der Waals surface area (Å²) >= 11 is 0. The molecule has 2 heterocycles. The zero-order valence-electron chi connectivity index (χ0n) is 9.50. The van der Waals surface area contributed by atoms with Crippen LogP contribution < -0.4 is 5.32 Å². The minimum absolute atomic E-state index is 0.335. The highest BCUT2D eigenvalue weighted by Crippen LogP contribution is 2.26. The molecule has 82 valence electrons. The van der Waals surface area contributed by atoms with Crippen molar-refractivity contribution in [1.29, 1.82) is 0 Å². The van der Waals surface area contributed by atoms with E-state index in [-0.39, 0.29) is 0 Å². The highest BCUT2D eigenvalue weighted by Gasteiger charge is 2.29. The average molecular weight is 204 g/mol. The Hall–Kier alpha value is -0.890. The Balaban J connectivity index is 2.07. The van der Waals surface area contributed by atoms with E-state index in [4.69, 9.17) is 0 Å². The SMILES string of the molecule is CCC1(Cc2cccnc2)CCCCN1. The largest absolute Gasteiger partial charge is 0.311 e. The summed E-state index contributed by atoms with van der Waals surface area (Å²) in [6.07, 6.45) is 10.2. The minimum atomic E-state index is 0.335. The molecule has 1 aliphatic rings. The summed E-state index contributed by atoms with van der Waals surface area (Å²) in [7, 11) is 0. The summed E-state index contributed by atoms with van der Waals surface area (Å²) in [5.74, 6) is 0. The second kappa shape index (κ2) is 4.75. The predicted octanol–water partition coefficient (Wildman–Crippen LogP) is 2.55. The first-order valence-corrected chi connectivity index (χ1v) is 5.99. The van der Waals surface area contributed by atoms with Gasteiger partial charge >= 0.3 is 0 Å². The molecule has 0 saturated carbocycles. The first kappa shape index (κ1) is 10.6. The topological polar surface area (TPSA) is 24.9 Å². The molecule has 1 N–H and O–H groups in total. The molecule has 0 amide bonds. The summed E-state index contributed by atoms with van der Waals surface area (Å²) in [6.45, 7) is 3.46. The van der Waals surface area contributed by atoms with E-state index in [2.05, 4.69) is 23.3 Å². The van der Waals surface area contributed by atoms with Crippen molar-refractivity contribution in [3.8, 4) is 0 Å². The molecule has 1 unspecified atom stereocenters. The second-order valence-electron chi connectivity index (χ2n) is 4.56. The molecule has 15 heavy (non-hydrogen) atoms. The van der Waals surface area contributed by atoms with Crippen LogP contribution in [-0.4, -0.2) is 17.1 Å². The summed E-state index contributed by atoms with van der Waals surface area (Å²) in [5, 5.41) is 3.70. The summed E-state index contributed by atoms with van der Waals surface area (Å²) < 4.78 is 0. The van der Waals surface area contributed by atoms with E-state index < -0.39 is 0 Å². The van der Waals surface area contributed by atoms with E-state index in [9.17, 15) is 0 Å². The van der Waals surface area contributed by atoms with E-state index in [1.807, 2.05) is 18.5 Å². The molecule has 0 aromatic carbocycles. The van der Waals surface area contributed by atoms with Gasteiger partial charge in [-0.3, -0.25) is 4.98 Å². The number of hydrogen-bond acceptors (Lipinski definition) is 2. The molecule has 2 nitrogen and oxygen atoms in total. The van der Waals surface area contributed by atoms with Crippen LogP contribution in [0.3, 0.4) is 0 Å². The smallest absolute Gasteiger partial charge is 0.0300 e. The molecule has 0 bridgehead atoms. The van der Waals surface area contributed by atoms with Gasteiger partial charge in [-0.1, -0.05) is 19.4 Å². The molecule has 1 saturated heterocycles. The zero-order chi connectivity index (χ0) is 10.6. The van der Waals surface area contributed by atoms with Gasteiger partial charge < -0.3 is 5.32 Å². The Labute approximate surface area is 92.1 Å². The molecular formula is C13H20N2. The Kier molecular flexibility index (Phi) is 3.37. The first-order chi connectivity index (χ1) is 7.35. The van der Waals surface area contributed by atoms with Crippen molar-refractivity contribution in [3.63, 3.8) is 0 Å². The molecule has 2 heteroatoms. The summed E-state index contributed by atoms with van der Waals surface area (Å²) in [4.78, 5) is 4.19. The van der Waals surface area contributed by atoms with Gasteiger partial charge in [0.15, 0.2) is 0 Å². The Morgan fingerprint density at radius 3 is 3.00 bits per heavy atom. The van der Waals surface area contributed by atoms with E-state index in [1.165, 1.54) is 37.8 Å². The van der Waals surface area contributed by atoms with Gasteiger partial charge in [-0.25, -0.2) is 0 Å². The third-order valence-electron chi connectivity index (χ3n) is 3.52. The lowest BCUT2D eigenvalue weighted by Gasteiger charge is -2.38. The molecule has 0 radical (unpaired) electrons. The van der Waals surface area contributed by atoms with Gasteiger partial charge in [0, 0.05) is 17.9 Å². The molecule has 1 aliphatic heterocycles. The van der Waals surface area contributed by atoms with Gasteiger partial charge in [-0.05, 0) is 43.9 Å². The van der Waals surface area contributed by atoms with Crippen molar-refractivity contribution >= 4 is 0 Å². The number of nitrogens with zero attached hydrogens (tertiary/aromatic N) is 1. The minimum Gasteiger partial charge on any atom is -0.311 e. The monoisotopic (exact) mass is 204 g/mol. The Morgan fingerprint density at radius 2 is 2.40 bits per heavy atom. The van der Waals surface area contributed by atoms with Gasteiger partial charge in [0.1, 0.15) is 0 Å². The van der Waals surface area contributed by atoms with Crippen LogP contribution in [-0.2, 0) is 6.42 Å². The van der Waals surface area contributed by atoms with E-state index >= 15 is 0 Å². The molecule has 0 aliphatic carbocycles. The predicted molar refractivity (Wildman–Crippen MR) is 62.8 cm³/mol. The van der Waals surface area contributed by atoms with Crippen molar-refractivity contribution in [3.05, 3.63) is 30.1 Å². The number of piperidine rings is 1. The number of pyridine rings is 1. The van der Waals surface area contributed by atoms with Crippen LogP contribution in [0.5, 0.6) is 0 Å². The maximum Gasteiger partial charge on any atom is 0.0300 e. The van der Waals surface area contributed by atoms with E-state index in [1.54, 1.807) is 0 Å². The Morgan fingerprint density at radius 1 is 1.47 bits per heavy atom. The van der Waals surface area contributed by atoms with Gasteiger partial charge in [0.2, 0.25) is 0 Å². The molecule has 0 spiro atoms. The van der Waals surface area contributed by atoms with Crippen LogP contribution in [0.2, 0.25) is 0 Å². The zero-order valence-corrected chi connectivity index (χ0v) is 9.50. The number of rotatable bonds is 3. The van der Waals surface area contributed by atoms with Gasteiger partial charge in [-0.2, -0.15) is 0 Å². The lowest BCUT2D eigenvalue weighted by atomic mass is 9.81. The van der Waals surface area contributed by atoms with Crippen molar-refractivity contribution in [2.75, 3.05) is 6.54 Å². The highest BCUT2D eigenvalue weighted by atomic mass is 15.0. The fraction of sp³-hybridized carbons (Fsp3) is 0.615. The normalized spacial score (nSPS) is 26.5. The second-order valence-corrected chi connectivity index (χ2v) is 4.56. The number of aromatic nitrogens is 1. The molecule has 1 atom stereocenters. The van der Waals surface area contributed by atoms with Crippen molar-refractivity contribution in [1.82, 2.24) is 10.3 Å². The van der Waals surface area contributed by atoms with Crippen LogP contribution in [0.15, 0.2) is 24.5 Å². The average Bonchev–Trinajstić information content (AvgIpc) is 2.32. The number of hydrogen-bond donors (Lipinski definition) is 1. The van der Waals surface area contributed by atoms with Crippen molar-refractivity contribution < 1.29 is 0 Å². The van der Waals surface area contributed by atoms with Gasteiger partial charge in [0.05, 0.1) is 0 Å². The Bertz CT molecular complexity index is 289.